The van der Waals surface area contributed by atoms with Gasteiger partial charge in [-0.25, -0.2) is 4.99 Å². The Bertz CT molecular complexity index is 99.6. The van der Waals surface area contributed by atoms with Crippen LogP contribution in [-0.4, -0.2) is 5.84 Å². The molecule has 0 spiro atoms. The van der Waals surface area contributed by atoms with Gasteiger partial charge in [0.15, 0.2) is 0 Å². The van der Waals surface area contributed by atoms with Gasteiger partial charge in [0.1, 0.15) is 0 Å². The van der Waals surface area contributed by atoms with Crippen LogP contribution in [0.3, 0.4) is 0 Å². The van der Waals surface area contributed by atoms with Crippen LogP contribution in [-0.2, 0) is 0 Å². The van der Waals surface area contributed by atoms with Crippen LogP contribution in [0.15, 0.2) is 16.9 Å². The molecule has 0 aliphatic carbocycles. The van der Waals surface area contributed by atoms with Crippen LogP contribution in [0.25, 0.3) is 0 Å². The van der Waals surface area contributed by atoms with E-state index in [1.807, 2.05) is 0 Å². The van der Waals surface area contributed by atoms with Gasteiger partial charge in [-0.3, -0.25) is 0 Å². The molecule has 0 unspecified atom stereocenters. The highest BCUT2D eigenvalue weighted by molar-refractivity contribution is 5.77. The van der Waals surface area contributed by atoms with E-state index in [0.29, 0.717) is 11.5 Å². The van der Waals surface area contributed by atoms with Gasteiger partial charge in [-0.05, 0) is 13.8 Å². The van der Waals surface area contributed by atoms with Crippen molar-refractivity contribution in [3.05, 3.63) is 11.9 Å². The molecule has 0 aromatic heterocycles. The fourth-order valence-corrected chi connectivity index (χ4v) is 0.204. The third kappa shape index (κ3) is 5.01. The highest BCUT2D eigenvalue weighted by atomic mass is 14.8. The number of rotatable bonds is 1. The second-order valence-corrected chi connectivity index (χ2v) is 1.64. The topological polar surface area (TPSA) is 64.4 Å². The molecule has 0 aliphatic heterocycles. The highest BCUT2D eigenvalue weighted by Crippen LogP contribution is 1.79. The van der Waals surface area contributed by atoms with Crippen LogP contribution in [0.2, 0.25) is 0 Å². The average Bonchev–Trinajstić information content (AvgIpc) is 1.61. The Morgan fingerprint density at radius 1 is 1.38 bits per heavy atom. The van der Waals surface area contributed by atoms with Crippen LogP contribution in [0.1, 0.15) is 13.8 Å². The Hall–Kier alpha value is -0.990. The van der Waals surface area contributed by atoms with E-state index in [0.717, 1.165) is 0 Å². The minimum absolute atomic E-state index is 0.523. The molecule has 0 bridgehead atoms. The number of nitrogens with zero attached hydrogens (tertiary/aromatic N) is 1. The Kier molecular flexibility index (Phi) is 2.69. The predicted octanol–water partition coefficient (Wildman–Crippen LogP) is 0.184. The first-order valence-electron chi connectivity index (χ1n) is 2.35. The summed E-state index contributed by atoms with van der Waals surface area (Å²) in [6.07, 6.45) is 1.52. The molecule has 0 amide bonds. The first kappa shape index (κ1) is 7.01. The van der Waals surface area contributed by atoms with E-state index >= 15 is 0 Å². The minimum Gasteiger partial charge on any atom is -0.401 e. The molecule has 0 atom stereocenters. The number of amidine groups is 1. The van der Waals surface area contributed by atoms with E-state index in [1.165, 1.54) is 6.20 Å². The fraction of sp³-hybridized carbons (Fsp3) is 0.400. The van der Waals surface area contributed by atoms with Gasteiger partial charge in [-0.1, -0.05) is 0 Å². The lowest BCUT2D eigenvalue weighted by Crippen LogP contribution is -2.04. The Morgan fingerprint density at radius 2 is 1.88 bits per heavy atom. The molecular weight excluding hydrogens is 102 g/mol. The summed E-state index contributed by atoms with van der Waals surface area (Å²) in [6.45, 7) is 3.46. The summed E-state index contributed by atoms with van der Waals surface area (Å²) in [5, 5.41) is 0. The molecule has 4 N–H and O–H groups in total. The van der Waals surface area contributed by atoms with Gasteiger partial charge >= 0.3 is 0 Å². The largest absolute Gasteiger partial charge is 0.401 e. The molecule has 0 aliphatic rings. The lowest BCUT2D eigenvalue weighted by molar-refractivity contribution is 1.27. The zero-order chi connectivity index (χ0) is 6.57. The van der Waals surface area contributed by atoms with Crippen LogP contribution in [0, 0.1) is 0 Å². The monoisotopic (exact) mass is 113 g/mol. The van der Waals surface area contributed by atoms with Crippen LogP contribution in [0.5, 0.6) is 0 Å². The standard InChI is InChI=1S/C5H11N3/c1-4(6)3-8-5(2)7/h3H,6H2,1-2H3,(H2,7,8)/b4-3+. The van der Waals surface area contributed by atoms with Crippen LogP contribution >= 0.6 is 0 Å². The maximum atomic E-state index is 5.24. The van der Waals surface area contributed by atoms with E-state index in [4.69, 9.17) is 11.5 Å². The van der Waals surface area contributed by atoms with E-state index < -0.39 is 0 Å². The smallest absolute Gasteiger partial charge is 0.0958 e. The van der Waals surface area contributed by atoms with Crippen molar-refractivity contribution in [1.82, 2.24) is 0 Å². The number of aliphatic imine (C=N–C) groups is 1. The Balaban J connectivity index is 3.76. The maximum Gasteiger partial charge on any atom is 0.0958 e. The molecule has 0 saturated heterocycles. The summed E-state index contributed by atoms with van der Waals surface area (Å²) in [4.78, 5) is 3.73. The summed E-state index contributed by atoms with van der Waals surface area (Å²) >= 11 is 0. The number of nitrogens with two attached hydrogens (primary N) is 2. The maximum absolute atomic E-state index is 5.24. The zero-order valence-electron chi connectivity index (χ0n) is 5.18. The normalized spacial score (nSPS) is 14.2. The lowest BCUT2D eigenvalue weighted by atomic mass is 10.6. The Labute approximate surface area is 49.1 Å². The molecule has 0 aromatic rings. The van der Waals surface area contributed by atoms with Gasteiger partial charge in [-0.2, -0.15) is 0 Å². The number of hydrogen-bond acceptors (Lipinski definition) is 2. The second-order valence-electron chi connectivity index (χ2n) is 1.64. The molecular formula is C5H11N3. The molecule has 3 heteroatoms. The van der Waals surface area contributed by atoms with Gasteiger partial charge in [0, 0.05) is 11.9 Å². The first-order valence-corrected chi connectivity index (χ1v) is 2.35. The summed E-state index contributed by atoms with van der Waals surface area (Å²) in [6, 6.07) is 0. The second kappa shape index (κ2) is 3.07. The third-order valence-corrected chi connectivity index (χ3v) is 0.472. The molecule has 0 fully saturated rings. The summed E-state index contributed by atoms with van der Waals surface area (Å²) in [7, 11) is 0. The van der Waals surface area contributed by atoms with Crippen molar-refractivity contribution >= 4 is 5.84 Å². The van der Waals surface area contributed by atoms with Gasteiger partial charge in [0.25, 0.3) is 0 Å². The van der Waals surface area contributed by atoms with Gasteiger partial charge < -0.3 is 11.5 Å². The number of hydrogen-bond donors (Lipinski definition) is 2. The van der Waals surface area contributed by atoms with Crippen molar-refractivity contribution in [1.29, 1.82) is 0 Å². The molecule has 46 valence electrons. The molecule has 0 aromatic carbocycles. The molecule has 0 rings (SSSR count). The molecule has 0 radical (unpaired) electrons. The molecule has 0 saturated carbocycles. The SMILES string of the molecule is C/C(N)=C\N=C(/C)N. The molecule has 0 heterocycles. The Morgan fingerprint density at radius 3 is 2.00 bits per heavy atom. The van der Waals surface area contributed by atoms with Gasteiger partial charge in [0.05, 0.1) is 5.84 Å². The van der Waals surface area contributed by atoms with Crippen molar-refractivity contribution < 1.29 is 0 Å². The lowest BCUT2D eigenvalue weighted by Gasteiger charge is -1.85. The fourth-order valence-electron chi connectivity index (χ4n) is 0.204. The summed E-state index contributed by atoms with van der Waals surface area (Å²) in [5.41, 5.74) is 11.1. The van der Waals surface area contributed by atoms with E-state index in [-0.39, 0.29) is 0 Å². The van der Waals surface area contributed by atoms with Crippen molar-refractivity contribution in [3.63, 3.8) is 0 Å². The first-order chi connectivity index (χ1) is 3.63. The highest BCUT2D eigenvalue weighted by Gasteiger charge is 1.73. The summed E-state index contributed by atoms with van der Waals surface area (Å²) < 4.78 is 0. The third-order valence-electron chi connectivity index (χ3n) is 0.472. The van der Waals surface area contributed by atoms with Crippen molar-refractivity contribution in [2.75, 3.05) is 0 Å². The number of allylic oxidation sites excluding steroid dienone is 1. The van der Waals surface area contributed by atoms with E-state index in [9.17, 15) is 0 Å². The van der Waals surface area contributed by atoms with Gasteiger partial charge in [0.2, 0.25) is 0 Å². The van der Waals surface area contributed by atoms with Crippen molar-refractivity contribution in [3.8, 4) is 0 Å². The minimum atomic E-state index is 0.523. The zero-order valence-corrected chi connectivity index (χ0v) is 5.18. The summed E-state index contributed by atoms with van der Waals surface area (Å²) in [5.74, 6) is 0.523. The van der Waals surface area contributed by atoms with E-state index in [1.54, 1.807) is 13.8 Å². The van der Waals surface area contributed by atoms with E-state index in [2.05, 4.69) is 4.99 Å². The van der Waals surface area contributed by atoms with Crippen molar-refractivity contribution in [2.45, 2.75) is 13.8 Å². The molecule has 8 heavy (non-hydrogen) atoms. The predicted molar refractivity (Wildman–Crippen MR) is 35.2 cm³/mol. The van der Waals surface area contributed by atoms with Gasteiger partial charge in [-0.15, -0.1) is 0 Å². The van der Waals surface area contributed by atoms with Crippen LogP contribution < -0.4 is 11.5 Å². The molecule has 3 nitrogen and oxygen atoms in total. The van der Waals surface area contributed by atoms with Crippen LogP contribution in [0.4, 0.5) is 0 Å². The van der Waals surface area contributed by atoms with Crippen molar-refractivity contribution in [2.24, 2.45) is 16.5 Å². The quantitative estimate of drug-likeness (QED) is 0.376. The average molecular weight is 113 g/mol.